The number of aromatic hydroxyl groups is 1. The normalized spacial score (nSPS) is 19.8. The van der Waals surface area contributed by atoms with Crippen molar-refractivity contribution in [1.82, 2.24) is 4.57 Å². The zero-order valence-corrected chi connectivity index (χ0v) is 13.5. The van der Waals surface area contributed by atoms with Crippen LogP contribution in [0.4, 0.5) is 0 Å². The molecule has 0 spiro atoms. The fraction of sp³-hybridized carbons (Fsp3) is 0.438. The van der Waals surface area contributed by atoms with Gasteiger partial charge in [-0.15, -0.1) is 0 Å². The molecule has 3 rings (SSSR count). The molecule has 0 unspecified atom stereocenters. The maximum atomic E-state index is 11.7. The van der Waals surface area contributed by atoms with Gasteiger partial charge in [-0.2, -0.15) is 0 Å². The highest BCUT2D eigenvalue weighted by Crippen LogP contribution is 2.36. The third kappa shape index (κ3) is 2.14. The number of fused-ring (bicyclic) bond motifs is 1. The van der Waals surface area contributed by atoms with Crippen molar-refractivity contribution < 1.29 is 19.2 Å². The average Bonchev–Trinajstić information content (AvgIpc) is 2.81. The molecule has 0 amide bonds. The second kappa shape index (κ2) is 4.60. The van der Waals surface area contributed by atoms with Crippen LogP contribution >= 0.6 is 0 Å². The van der Waals surface area contributed by atoms with Crippen molar-refractivity contribution in [3.63, 3.8) is 0 Å². The van der Waals surface area contributed by atoms with E-state index in [0.29, 0.717) is 5.52 Å². The average molecular weight is 301 g/mol. The minimum atomic E-state index is -0.494. The standard InChI is InChI=1S/C16H20BNO4/c1-10(19)18-13-9-12(7-6-11(13)8-14(18)20)17-21-15(2,3)16(4,5)22-17/h6-9,20H,1-5H3. The summed E-state index contributed by atoms with van der Waals surface area (Å²) >= 11 is 0. The van der Waals surface area contributed by atoms with Gasteiger partial charge in [0.05, 0.1) is 16.7 Å². The van der Waals surface area contributed by atoms with Gasteiger partial charge in [0.25, 0.3) is 0 Å². The monoisotopic (exact) mass is 301 g/mol. The highest BCUT2D eigenvalue weighted by Gasteiger charge is 2.51. The number of nitrogens with zero attached hydrogens (tertiary/aromatic N) is 1. The predicted octanol–water partition coefficient (Wildman–Crippen LogP) is 2.31. The number of aromatic nitrogens is 1. The summed E-state index contributed by atoms with van der Waals surface area (Å²) in [7, 11) is -0.494. The first kappa shape index (κ1) is 15.1. The number of carbonyl (C=O) groups excluding carboxylic acids is 1. The van der Waals surface area contributed by atoms with Gasteiger partial charge in [-0.1, -0.05) is 12.1 Å². The van der Waals surface area contributed by atoms with Crippen LogP contribution < -0.4 is 5.46 Å². The summed E-state index contributed by atoms with van der Waals surface area (Å²) in [6.45, 7) is 9.40. The summed E-state index contributed by atoms with van der Waals surface area (Å²) in [5, 5.41) is 10.7. The Morgan fingerprint density at radius 2 is 1.73 bits per heavy atom. The van der Waals surface area contributed by atoms with E-state index < -0.39 is 18.3 Å². The lowest BCUT2D eigenvalue weighted by Gasteiger charge is -2.32. The molecule has 1 N–H and O–H groups in total. The van der Waals surface area contributed by atoms with Crippen molar-refractivity contribution in [2.75, 3.05) is 0 Å². The van der Waals surface area contributed by atoms with Gasteiger partial charge in [0, 0.05) is 18.4 Å². The number of hydrogen-bond donors (Lipinski definition) is 1. The van der Waals surface area contributed by atoms with E-state index in [4.69, 9.17) is 9.31 Å². The Balaban J connectivity index is 2.07. The van der Waals surface area contributed by atoms with Gasteiger partial charge in [0.1, 0.15) is 0 Å². The van der Waals surface area contributed by atoms with Crippen molar-refractivity contribution in [3.05, 3.63) is 24.3 Å². The minimum Gasteiger partial charge on any atom is -0.494 e. The van der Waals surface area contributed by atoms with Crippen LogP contribution in [0.15, 0.2) is 24.3 Å². The van der Waals surface area contributed by atoms with Crippen LogP contribution in [0.5, 0.6) is 5.88 Å². The van der Waals surface area contributed by atoms with E-state index in [-0.39, 0.29) is 11.8 Å². The van der Waals surface area contributed by atoms with Crippen molar-refractivity contribution in [2.24, 2.45) is 0 Å². The number of hydrogen-bond acceptors (Lipinski definition) is 4. The Labute approximate surface area is 130 Å². The van der Waals surface area contributed by atoms with Crippen molar-refractivity contribution >= 4 is 29.4 Å². The Morgan fingerprint density at radius 1 is 1.14 bits per heavy atom. The van der Waals surface area contributed by atoms with E-state index in [0.717, 1.165) is 10.8 Å². The summed E-state index contributed by atoms with van der Waals surface area (Å²) < 4.78 is 13.3. The summed E-state index contributed by atoms with van der Waals surface area (Å²) in [4.78, 5) is 11.7. The summed E-state index contributed by atoms with van der Waals surface area (Å²) in [5.74, 6) is -0.299. The lowest BCUT2D eigenvalue weighted by Crippen LogP contribution is -2.41. The lowest BCUT2D eigenvalue weighted by atomic mass is 9.79. The first-order chi connectivity index (χ1) is 10.1. The van der Waals surface area contributed by atoms with E-state index in [2.05, 4.69) is 0 Å². The molecule has 1 fully saturated rings. The zero-order chi connectivity index (χ0) is 16.3. The fourth-order valence-electron chi connectivity index (χ4n) is 2.66. The smallest absolute Gasteiger partial charge is 0.494 e. The quantitative estimate of drug-likeness (QED) is 0.821. The second-order valence-corrected chi connectivity index (χ2v) is 6.76. The molecule has 1 saturated heterocycles. The van der Waals surface area contributed by atoms with Gasteiger partial charge in [-0.05, 0) is 39.2 Å². The Bertz CT molecular complexity index is 747. The Kier molecular flexibility index (Phi) is 3.16. The molecule has 6 heteroatoms. The van der Waals surface area contributed by atoms with Crippen LogP contribution in [-0.2, 0) is 9.31 Å². The van der Waals surface area contributed by atoms with Gasteiger partial charge in [-0.25, -0.2) is 0 Å². The topological polar surface area (TPSA) is 60.7 Å². The molecule has 5 nitrogen and oxygen atoms in total. The third-order valence-corrected chi connectivity index (χ3v) is 4.65. The third-order valence-electron chi connectivity index (χ3n) is 4.65. The molecular formula is C16H20BNO4. The fourth-order valence-corrected chi connectivity index (χ4v) is 2.66. The summed E-state index contributed by atoms with van der Waals surface area (Å²) in [5.41, 5.74) is 0.637. The molecule has 0 saturated carbocycles. The first-order valence-electron chi connectivity index (χ1n) is 7.33. The first-order valence-corrected chi connectivity index (χ1v) is 7.33. The summed E-state index contributed by atoms with van der Waals surface area (Å²) in [6.07, 6.45) is 0. The van der Waals surface area contributed by atoms with Crippen LogP contribution in [0.2, 0.25) is 0 Å². The molecule has 0 bridgehead atoms. The minimum absolute atomic E-state index is 0.0615. The highest BCUT2D eigenvalue weighted by molar-refractivity contribution is 6.62. The van der Waals surface area contributed by atoms with Crippen LogP contribution in [0.3, 0.4) is 0 Å². The predicted molar refractivity (Wildman–Crippen MR) is 85.6 cm³/mol. The molecule has 2 aromatic rings. The number of rotatable bonds is 1. The van der Waals surface area contributed by atoms with E-state index in [1.807, 2.05) is 45.9 Å². The van der Waals surface area contributed by atoms with Gasteiger partial charge in [0.2, 0.25) is 5.91 Å². The van der Waals surface area contributed by atoms with Gasteiger partial charge in [-0.3, -0.25) is 9.36 Å². The maximum absolute atomic E-state index is 11.7. The molecule has 1 aromatic carbocycles. The molecule has 1 aliphatic heterocycles. The van der Waals surface area contributed by atoms with E-state index >= 15 is 0 Å². The van der Waals surface area contributed by atoms with E-state index in [1.54, 1.807) is 6.07 Å². The lowest BCUT2D eigenvalue weighted by molar-refractivity contribution is 0.00578. The van der Waals surface area contributed by atoms with Crippen LogP contribution in [0.25, 0.3) is 10.9 Å². The van der Waals surface area contributed by atoms with E-state index in [1.165, 1.54) is 11.5 Å². The second-order valence-electron chi connectivity index (χ2n) is 6.76. The zero-order valence-electron chi connectivity index (χ0n) is 13.5. The Morgan fingerprint density at radius 3 is 2.27 bits per heavy atom. The van der Waals surface area contributed by atoms with Gasteiger partial charge < -0.3 is 14.4 Å². The SMILES string of the molecule is CC(=O)n1c(O)cc2ccc(B3OC(C)(C)C(C)(C)O3)cc21. The molecule has 22 heavy (non-hydrogen) atoms. The molecule has 0 atom stereocenters. The van der Waals surface area contributed by atoms with Crippen molar-refractivity contribution in [3.8, 4) is 5.88 Å². The highest BCUT2D eigenvalue weighted by atomic mass is 16.7. The molecular weight excluding hydrogens is 281 g/mol. The number of benzene rings is 1. The van der Waals surface area contributed by atoms with Crippen molar-refractivity contribution in [2.45, 2.75) is 45.8 Å². The van der Waals surface area contributed by atoms with Crippen LogP contribution in [0.1, 0.15) is 39.4 Å². The molecule has 2 heterocycles. The summed E-state index contributed by atoms with van der Waals surface area (Å²) in [6, 6.07) is 7.16. The van der Waals surface area contributed by atoms with Crippen LogP contribution in [0, 0.1) is 0 Å². The Hall–Kier alpha value is -1.79. The maximum Gasteiger partial charge on any atom is 0.494 e. The molecule has 116 valence electrons. The van der Waals surface area contributed by atoms with Crippen molar-refractivity contribution in [1.29, 1.82) is 0 Å². The van der Waals surface area contributed by atoms with Gasteiger partial charge in [0.15, 0.2) is 5.88 Å². The van der Waals surface area contributed by atoms with Gasteiger partial charge >= 0.3 is 7.12 Å². The molecule has 0 radical (unpaired) electrons. The molecule has 0 aliphatic carbocycles. The molecule has 1 aromatic heterocycles. The molecule has 1 aliphatic rings. The number of carbonyl (C=O) groups is 1. The van der Waals surface area contributed by atoms with Crippen LogP contribution in [-0.4, -0.2) is 33.9 Å². The largest absolute Gasteiger partial charge is 0.494 e. The van der Waals surface area contributed by atoms with E-state index in [9.17, 15) is 9.90 Å².